The third kappa shape index (κ3) is 3.42. The Morgan fingerprint density at radius 2 is 1.76 bits per heavy atom. The molecular formula is C18H20O2S. The van der Waals surface area contributed by atoms with E-state index in [-0.39, 0.29) is 6.10 Å². The van der Waals surface area contributed by atoms with Gasteiger partial charge in [0.15, 0.2) is 0 Å². The number of benzene rings is 2. The van der Waals surface area contributed by atoms with Gasteiger partial charge in [-0.05, 0) is 48.2 Å². The van der Waals surface area contributed by atoms with Crippen molar-refractivity contribution in [2.24, 2.45) is 0 Å². The second-order valence-corrected chi connectivity index (χ2v) is 6.51. The van der Waals surface area contributed by atoms with Crippen molar-refractivity contribution in [3.05, 3.63) is 59.7 Å². The fourth-order valence-electron chi connectivity index (χ4n) is 2.57. The minimum absolute atomic E-state index is 0.136. The molecule has 1 saturated carbocycles. The average Bonchev–Trinajstić information content (AvgIpc) is 2.53. The Morgan fingerprint density at radius 3 is 2.29 bits per heavy atom. The molecule has 0 spiro atoms. The van der Waals surface area contributed by atoms with E-state index in [4.69, 9.17) is 4.74 Å². The predicted octanol–water partition coefficient (Wildman–Crippen LogP) is 4.23. The summed E-state index contributed by atoms with van der Waals surface area (Å²) in [6.07, 6.45) is 1.92. The smallest absolute Gasteiger partial charge is 0.118 e. The first-order valence-corrected chi connectivity index (χ1v) is 8.28. The van der Waals surface area contributed by atoms with E-state index in [1.807, 2.05) is 23.9 Å². The highest BCUT2D eigenvalue weighted by molar-refractivity contribution is 7.98. The molecule has 3 heteroatoms. The van der Waals surface area contributed by atoms with E-state index in [2.05, 4.69) is 36.4 Å². The van der Waals surface area contributed by atoms with Crippen LogP contribution in [-0.4, -0.2) is 18.3 Å². The molecule has 0 aromatic heterocycles. The SMILES string of the molecule is COc1ccc(CSc2ccc(C3CCC3O)cc2)cc1. The van der Waals surface area contributed by atoms with Gasteiger partial charge in [0.05, 0.1) is 13.2 Å². The third-order valence-corrected chi connectivity index (χ3v) is 5.19. The molecule has 2 atom stereocenters. The monoisotopic (exact) mass is 300 g/mol. The molecule has 0 aliphatic heterocycles. The maximum Gasteiger partial charge on any atom is 0.118 e. The predicted molar refractivity (Wildman–Crippen MR) is 87.0 cm³/mol. The quantitative estimate of drug-likeness (QED) is 0.838. The fraction of sp³-hybridized carbons (Fsp3) is 0.333. The molecule has 3 rings (SSSR count). The van der Waals surface area contributed by atoms with Gasteiger partial charge in [0, 0.05) is 16.6 Å². The second-order valence-electron chi connectivity index (χ2n) is 5.46. The molecule has 110 valence electrons. The summed E-state index contributed by atoms with van der Waals surface area (Å²) < 4.78 is 5.17. The summed E-state index contributed by atoms with van der Waals surface area (Å²) in [4.78, 5) is 1.27. The summed E-state index contributed by atoms with van der Waals surface area (Å²) in [5.74, 6) is 2.20. The van der Waals surface area contributed by atoms with Crippen LogP contribution >= 0.6 is 11.8 Å². The largest absolute Gasteiger partial charge is 0.497 e. The lowest BCUT2D eigenvalue weighted by molar-refractivity contribution is 0.0661. The number of thioether (sulfide) groups is 1. The van der Waals surface area contributed by atoms with E-state index >= 15 is 0 Å². The van der Waals surface area contributed by atoms with Crippen LogP contribution in [0, 0.1) is 0 Å². The van der Waals surface area contributed by atoms with Gasteiger partial charge in [-0.25, -0.2) is 0 Å². The van der Waals surface area contributed by atoms with Crippen LogP contribution in [0.25, 0.3) is 0 Å². The third-order valence-electron chi connectivity index (χ3n) is 4.11. The van der Waals surface area contributed by atoms with Gasteiger partial charge >= 0.3 is 0 Å². The lowest BCUT2D eigenvalue weighted by Gasteiger charge is -2.32. The molecule has 1 aliphatic rings. The van der Waals surface area contributed by atoms with Crippen LogP contribution in [0.4, 0.5) is 0 Å². The van der Waals surface area contributed by atoms with Crippen molar-refractivity contribution in [2.75, 3.05) is 7.11 Å². The van der Waals surface area contributed by atoms with Gasteiger partial charge in [0.1, 0.15) is 5.75 Å². The van der Waals surface area contributed by atoms with Gasteiger partial charge in [-0.1, -0.05) is 24.3 Å². The first-order chi connectivity index (χ1) is 10.3. The lowest BCUT2D eigenvalue weighted by atomic mass is 9.77. The first kappa shape index (κ1) is 14.5. The van der Waals surface area contributed by atoms with Crippen LogP contribution in [0.1, 0.15) is 29.9 Å². The number of aliphatic hydroxyl groups is 1. The van der Waals surface area contributed by atoms with Crippen molar-refractivity contribution < 1.29 is 9.84 Å². The maximum absolute atomic E-state index is 9.71. The molecule has 0 amide bonds. The maximum atomic E-state index is 9.71. The van der Waals surface area contributed by atoms with Crippen molar-refractivity contribution in [2.45, 2.75) is 35.5 Å². The molecular weight excluding hydrogens is 280 g/mol. The molecule has 0 heterocycles. The van der Waals surface area contributed by atoms with Gasteiger partial charge < -0.3 is 9.84 Å². The lowest BCUT2D eigenvalue weighted by Crippen LogP contribution is -2.28. The Balaban J connectivity index is 1.57. The van der Waals surface area contributed by atoms with E-state index in [0.29, 0.717) is 5.92 Å². The summed E-state index contributed by atoms with van der Waals surface area (Å²) >= 11 is 1.83. The summed E-state index contributed by atoms with van der Waals surface area (Å²) in [6.45, 7) is 0. The highest BCUT2D eigenvalue weighted by Gasteiger charge is 2.29. The van der Waals surface area contributed by atoms with E-state index < -0.39 is 0 Å². The van der Waals surface area contributed by atoms with Gasteiger partial charge in [-0.2, -0.15) is 0 Å². The van der Waals surface area contributed by atoms with Crippen LogP contribution in [0.15, 0.2) is 53.4 Å². The number of aliphatic hydroxyl groups excluding tert-OH is 1. The van der Waals surface area contributed by atoms with Crippen LogP contribution < -0.4 is 4.74 Å². The zero-order valence-electron chi connectivity index (χ0n) is 12.2. The molecule has 2 nitrogen and oxygen atoms in total. The minimum Gasteiger partial charge on any atom is -0.497 e. The highest BCUT2D eigenvalue weighted by Crippen LogP contribution is 2.37. The summed E-state index contributed by atoms with van der Waals surface area (Å²) in [5, 5.41) is 9.71. The first-order valence-electron chi connectivity index (χ1n) is 7.30. The zero-order chi connectivity index (χ0) is 14.7. The van der Waals surface area contributed by atoms with E-state index in [1.165, 1.54) is 16.0 Å². The summed E-state index contributed by atoms with van der Waals surface area (Å²) in [6, 6.07) is 16.8. The van der Waals surface area contributed by atoms with Gasteiger partial charge in [0.25, 0.3) is 0 Å². The van der Waals surface area contributed by atoms with Gasteiger partial charge in [-0.15, -0.1) is 11.8 Å². The molecule has 0 bridgehead atoms. The Hall–Kier alpha value is -1.45. The summed E-state index contributed by atoms with van der Waals surface area (Å²) in [7, 11) is 1.68. The number of hydrogen-bond donors (Lipinski definition) is 1. The highest BCUT2D eigenvalue weighted by atomic mass is 32.2. The number of methoxy groups -OCH3 is 1. The molecule has 21 heavy (non-hydrogen) atoms. The van der Waals surface area contributed by atoms with Crippen LogP contribution in [-0.2, 0) is 5.75 Å². The van der Waals surface area contributed by atoms with Crippen molar-refractivity contribution in [1.29, 1.82) is 0 Å². The Morgan fingerprint density at radius 1 is 1.05 bits per heavy atom. The normalized spacial score (nSPS) is 20.9. The molecule has 2 unspecified atom stereocenters. The van der Waals surface area contributed by atoms with Gasteiger partial charge in [-0.3, -0.25) is 0 Å². The zero-order valence-corrected chi connectivity index (χ0v) is 13.0. The topological polar surface area (TPSA) is 29.5 Å². The van der Waals surface area contributed by atoms with Crippen LogP contribution in [0.5, 0.6) is 5.75 Å². The minimum atomic E-state index is -0.136. The van der Waals surface area contributed by atoms with Gasteiger partial charge in [0.2, 0.25) is 0 Å². The van der Waals surface area contributed by atoms with E-state index in [0.717, 1.165) is 24.3 Å². The molecule has 1 aliphatic carbocycles. The number of hydrogen-bond acceptors (Lipinski definition) is 3. The van der Waals surface area contributed by atoms with Crippen LogP contribution in [0.2, 0.25) is 0 Å². The molecule has 1 N–H and O–H groups in total. The van der Waals surface area contributed by atoms with Crippen molar-refractivity contribution in [1.82, 2.24) is 0 Å². The van der Waals surface area contributed by atoms with Crippen molar-refractivity contribution in [3.63, 3.8) is 0 Å². The molecule has 2 aromatic rings. The van der Waals surface area contributed by atoms with E-state index in [9.17, 15) is 5.11 Å². The molecule has 1 fully saturated rings. The fourth-order valence-corrected chi connectivity index (χ4v) is 3.43. The Kier molecular flexibility index (Phi) is 4.51. The van der Waals surface area contributed by atoms with Crippen molar-refractivity contribution >= 4 is 11.8 Å². The van der Waals surface area contributed by atoms with E-state index in [1.54, 1.807) is 7.11 Å². The Bertz CT molecular complexity index is 577. The van der Waals surface area contributed by atoms with Crippen molar-refractivity contribution in [3.8, 4) is 5.75 Å². The molecule has 0 radical (unpaired) electrons. The number of ether oxygens (including phenoxy) is 1. The Labute approximate surface area is 130 Å². The molecule has 0 saturated heterocycles. The number of rotatable bonds is 5. The average molecular weight is 300 g/mol. The standard InChI is InChI=1S/C18H20O2S/c1-20-15-6-2-13(3-7-15)12-21-16-8-4-14(5-9-16)17-10-11-18(17)19/h2-9,17-19H,10-12H2,1H3. The molecule has 2 aromatic carbocycles. The summed E-state index contributed by atoms with van der Waals surface area (Å²) in [5.41, 5.74) is 2.56. The van der Waals surface area contributed by atoms with Crippen LogP contribution in [0.3, 0.4) is 0 Å². The second kappa shape index (κ2) is 6.54.